The highest BCUT2D eigenvalue weighted by Crippen LogP contribution is 2.28. The molecule has 1 aromatic carbocycles. The first-order chi connectivity index (χ1) is 10.1. The summed E-state index contributed by atoms with van der Waals surface area (Å²) in [4.78, 5) is 0. The number of aliphatic hydroxyl groups is 1. The van der Waals surface area contributed by atoms with Crippen LogP contribution in [0.5, 0.6) is 5.75 Å². The van der Waals surface area contributed by atoms with E-state index in [0.717, 1.165) is 24.3 Å². The average Bonchev–Trinajstić information content (AvgIpc) is 2.49. The van der Waals surface area contributed by atoms with Crippen molar-refractivity contribution in [2.24, 2.45) is 11.8 Å². The fraction of sp³-hybridized carbons (Fsp3) is 0.647. The van der Waals surface area contributed by atoms with Gasteiger partial charge < -0.3 is 19.9 Å². The van der Waals surface area contributed by atoms with Crippen molar-refractivity contribution < 1.29 is 14.6 Å². The topological polar surface area (TPSA) is 50.7 Å². The predicted molar refractivity (Wildman–Crippen MR) is 87.1 cm³/mol. The summed E-state index contributed by atoms with van der Waals surface area (Å²) in [6.07, 6.45) is 1.74. The molecule has 0 heterocycles. The number of methoxy groups -OCH3 is 1. The summed E-state index contributed by atoms with van der Waals surface area (Å²) >= 11 is 0. The van der Waals surface area contributed by atoms with Gasteiger partial charge in [0.05, 0.1) is 12.3 Å². The Bertz CT molecular complexity index is 407. The van der Waals surface area contributed by atoms with Crippen LogP contribution in [0.4, 0.5) is 5.69 Å². The Labute approximate surface area is 128 Å². The van der Waals surface area contributed by atoms with Gasteiger partial charge in [0.1, 0.15) is 5.75 Å². The van der Waals surface area contributed by atoms with Crippen LogP contribution in [-0.4, -0.2) is 39.1 Å². The van der Waals surface area contributed by atoms with Crippen LogP contribution in [-0.2, 0) is 11.2 Å². The fourth-order valence-corrected chi connectivity index (χ4v) is 2.22. The van der Waals surface area contributed by atoms with Crippen molar-refractivity contribution >= 4 is 5.69 Å². The minimum absolute atomic E-state index is 0.218. The van der Waals surface area contributed by atoms with Gasteiger partial charge in [-0.2, -0.15) is 0 Å². The lowest BCUT2D eigenvalue weighted by Gasteiger charge is -2.19. The smallest absolute Gasteiger partial charge is 0.142 e. The van der Waals surface area contributed by atoms with E-state index in [2.05, 4.69) is 31.3 Å². The molecule has 120 valence electrons. The lowest BCUT2D eigenvalue weighted by Crippen LogP contribution is -2.16. The Hall–Kier alpha value is -1.26. The molecule has 21 heavy (non-hydrogen) atoms. The van der Waals surface area contributed by atoms with E-state index >= 15 is 0 Å². The van der Waals surface area contributed by atoms with Gasteiger partial charge in [-0.1, -0.05) is 19.9 Å². The number of hydrogen-bond donors (Lipinski definition) is 2. The van der Waals surface area contributed by atoms with Crippen LogP contribution in [0.2, 0.25) is 0 Å². The number of benzene rings is 1. The molecule has 0 aliphatic carbocycles. The quantitative estimate of drug-likeness (QED) is 0.652. The van der Waals surface area contributed by atoms with Crippen molar-refractivity contribution in [1.29, 1.82) is 0 Å². The lowest BCUT2D eigenvalue weighted by atomic mass is 9.90. The van der Waals surface area contributed by atoms with Crippen molar-refractivity contribution in [3.8, 4) is 5.75 Å². The zero-order valence-corrected chi connectivity index (χ0v) is 13.7. The third-order valence-electron chi connectivity index (χ3n) is 3.74. The van der Waals surface area contributed by atoms with Gasteiger partial charge in [-0.3, -0.25) is 0 Å². The molecule has 4 heteroatoms. The molecular formula is C17H29NO3. The first-order valence-corrected chi connectivity index (χ1v) is 7.65. The van der Waals surface area contributed by atoms with Crippen LogP contribution in [0.3, 0.4) is 0 Å². The zero-order chi connectivity index (χ0) is 15.7. The van der Waals surface area contributed by atoms with Gasteiger partial charge in [0, 0.05) is 33.8 Å². The Kier molecular flexibility index (Phi) is 8.16. The highest BCUT2D eigenvalue weighted by molar-refractivity contribution is 5.57. The number of nitrogens with one attached hydrogen (secondary N) is 1. The zero-order valence-electron chi connectivity index (χ0n) is 13.7. The van der Waals surface area contributed by atoms with E-state index in [-0.39, 0.29) is 12.5 Å². The first-order valence-electron chi connectivity index (χ1n) is 7.65. The van der Waals surface area contributed by atoms with E-state index in [4.69, 9.17) is 9.47 Å². The molecule has 0 radical (unpaired) electrons. The summed E-state index contributed by atoms with van der Waals surface area (Å²) in [5, 5.41) is 12.6. The normalized spacial score (nSPS) is 12.5. The monoisotopic (exact) mass is 295 g/mol. The molecule has 1 unspecified atom stereocenters. The van der Waals surface area contributed by atoms with Crippen LogP contribution in [0, 0.1) is 11.8 Å². The number of anilines is 1. The van der Waals surface area contributed by atoms with E-state index in [9.17, 15) is 5.11 Å². The minimum atomic E-state index is 0.218. The average molecular weight is 295 g/mol. The first kappa shape index (κ1) is 17.8. The molecule has 0 fully saturated rings. The van der Waals surface area contributed by atoms with Crippen molar-refractivity contribution in [2.75, 3.05) is 39.3 Å². The highest BCUT2D eigenvalue weighted by atomic mass is 16.5. The Morgan fingerprint density at radius 3 is 2.57 bits per heavy atom. The maximum atomic E-state index is 9.47. The van der Waals surface area contributed by atoms with Crippen LogP contribution in [0.15, 0.2) is 18.2 Å². The van der Waals surface area contributed by atoms with Gasteiger partial charge in [-0.25, -0.2) is 0 Å². The number of rotatable bonds is 10. The molecule has 0 aliphatic heterocycles. The van der Waals surface area contributed by atoms with E-state index in [1.165, 1.54) is 5.56 Å². The van der Waals surface area contributed by atoms with Crippen LogP contribution < -0.4 is 10.1 Å². The molecule has 4 nitrogen and oxygen atoms in total. The molecule has 0 aliphatic rings. The Balaban J connectivity index is 2.74. The molecule has 1 atom stereocenters. The SMILES string of the molecule is CNc1ccc(CC(CO)C(C)C)cc1OCCCOC. The third-order valence-corrected chi connectivity index (χ3v) is 3.74. The molecule has 0 saturated heterocycles. The van der Waals surface area contributed by atoms with E-state index in [1.807, 2.05) is 13.1 Å². The Morgan fingerprint density at radius 1 is 1.24 bits per heavy atom. The van der Waals surface area contributed by atoms with E-state index in [0.29, 0.717) is 19.1 Å². The standard InChI is InChI=1S/C17H29NO3/c1-13(2)15(12-19)10-14-6-7-16(18-3)17(11-14)21-9-5-8-20-4/h6-7,11,13,15,18-19H,5,8-10,12H2,1-4H3. The molecule has 1 rings (SSSR count). The van der Waals surface area contributed by atoms with Gasteiger partial charge in [-0.15, -0.1) is 0 Å². The number of hydrogen-bond acceptors (Lipinski definition) is 4. The fourth-order valence-electron chi connectivity index (χ4n) is 2.22. The molecule has 0 saturated carbocycles. The van der Waals surface area contributed by atoms with Gasteiger partial charge >= 0.3 is 0 Å². The second-order valence-corrected chi connectivity index (χ2v) is 5.67. The van der Waals surface area contributed by atoms with Crippen LogP contribution in [0.25, 0.3) is 0 Å². The second kappa shape index (κ2) is 9.64. The summed E-state index contributed by atoms with van der Waals surface area (Å²) in [5.41, 5.74) is 2.18. The molecule has 0 spiro atoms. The van der Waals surface area contributed by atoms with Crippen molar-refractivity contribution in [3.63, 3.8) is 0 Å². The van der Waals surface area contributed by atoms with Gasteiger partial charge in [0.25, 0.3) is 0 Å². The minimum Gasteiger partial charge on any atom is -0.491 e. The predicted octanol–water partition coefficient (Wildman–Crippen LogP) is 2.95. The maximum Gasteiger partial charge on any atom is 0.142 e. The summed E-state index contributed by atoms with van der Waals surface area (Å²) in [7, 11) is 3.59. The van der Waals surface area contributed by atoms with Crippen LogP contribution in [0.1, 0.15) is 25.8 Å². The second-order valence-electron chi connectivity index (χ2n) is 5.67. The van der Waals surface area contributed by atoms with Crippen molar-refractivity contribution in [3.05, 3.63) is 23.8 Å². The summed E-state index contributed by atoms with van der Waals surface area (Å²) < 4.78 is 10.9. The van der Waals surface area contributed by atoms with Gasteiger partial charge in [0.15, 0.2) is 0 Å². The third kappa shape index (κ3) is 5.94. The largest absolute Gasteiger partial charge is 0.491 e. The molecule has 0 aromatic heterocycles. The summed E-state index contributed by atoms with van der Waals surface area (Å²) in [6.45, 7) is 5.85. The van der Waals surface area contributed by atoms with Crippen molar-refractivity contribution in [1.82, 2.24) is 0 Å². The highest BCUT2D eigenvalue weighted by Gasteiger charge is 2.14. The van der Waals surface area contributed by atoms with Crippen LogP contribution >= 0.6 is 0 Å². The molecule has 0 amide bonds. The maximum absolute atomic E-state index is 9.47. The molecule has 2 N–H and O–H groups in total. The van der Waals surface area contributed by atoms with Gasteiger partial charge in [-0.05, 0) is 36.0 Å². The lowest BCUT2D eigenvalue weighted by molar-refractivity contribution is 0.172. The Morgan fingerprint density at radius 2 is 2.00 bits per heavy atom. The summed E-state index contributed by atoms with van der Waals surface area (Å²) in [5.74, 6) is 1.61. The molecular weight excluding hydrogens is 266 g/mol. The van der Waals surface area contributed by atoms with Crippen molar-refractivity contribution in [2.45, 2.75) is 26.7 Å². The molecule has 1 aromatic rings. The summed E-state index contributed by atoms with van der Waals surface area (Å²) in [6, 6.07) is 6.21. The number of ether oxygens (including phenoxy) is 2. The van der Waals surface area contributed by atoms with E-state index in [1.54, 1.807) is 7.11 Å². The van der Waals surface area contributed by atoms with E-state index < -0.39 is 0 Å². The number of aliphatic hydroxyl groups excluding tert-OH is 1. The molecule has 0 bridgehead atoms. The van der Waals surface area contributed by atoms with Gasteiger partial charge in [0.2, 0.25) is 0 Å².